The van der Waals surface area contributed by atoms with Gasteiger partial charge in [0.2, 0.25) is 0 Å². The summed E-state index contributed by atoms with van der Waals surface area (Å²) in [5.74, 6) is -0.956. The van der Waals surface area contributed by atoms with Gasteiger partial charge in [-0.2, -0.15) is 0 Å². The van der Waals surface area contributed by atoms with Crippen molar-refractivity contribution in [2.45, 2.75) is 40.2 Å². The van der Waals surface area contributed by atoms with Crippen molar-refractivity contribution < 1.29 is 14.3 Å². The van der Waals surface area contributed by atoms with E-state index in [1.807, 2.05) is 40.7 Å². The lowest BCUT2D eigenvalue weighted by atomic mass is 10.1. The number of rotatable bonds is 3. The van der Waals surface area contributed by atoms with Crippen molar-refractivity contribution in [3.8, 4) is 0 Å². The molecule has 2 aromatic heterocycles. The number of nitrogen functional groups attached to an aromatic ring is 1. The highest BCUT2D eigenvalue weighted by atomic mass is 32.1. The zero-order valence-corrected chi connectivity index (χ0v) is 14.8. The van der Waals surface area contributed by atoms with Crippen LogP contribution in [0.2, 0.25) is 0 Å². The highest BCUT2D eigenvalue weighted by molar-refractivity contribution is 7.21. The van der Waals surface area contributed by atoms with Gasteiger partial charge in [-0.15, -0.1) is 11.3 Å². The molecule has 0 atom stereocenters. The second-order valence-corrected chi connectivity index (χ2v) is 7.48. The maximum atomic E-state index is 12.2. The van der Waals surface area contributed by atoms with Gasteiger partial charge in [-0.05, 0) is 46.2 Å². The number of hydrogen-bond donors (Lipinski definition) is 2. The van der Waals surface area contributed by atoms with E-state index < -0.39 is 5.97 Å². The standard InChI is InChI=1S/C16H21N3O3S/c1-8-6-9(2)18-14-11(8)12(17)13(23-14)15(21)22-7-10(20)19-16(3,4)5/h6H,7,17H2,1-5H3,(H,19,20). The molecule has 0 aliphatic carbocycles. The number of carbonyl (C=O) groups is 2. The molecule has 0 aliphatic heterocycles. The Labute approximate surface area is 139 Å². The first kappa shape index (κ1) is 17.2. The van der Waals surface area contributed by atoms with E-state index >= 15 is 0 Å². The largest absolute Gasteiger partial charge is 0.451 e. The lowest BCUT2D eigenvalue weighted by Gasteiger charge is -2.20. The summed E-state index contributed by atoms with van der Waals surface area (Å²) in [6.45, 7) is 9.03. The van der Waals surface area contributed by atoms with E-state index in [0.29, 0.717) is 10.5 Å². The van der Waals surface area contributed by atoms with Crippen LogP contribution in [0.15, 0.2) is 6.07 Å². The Hall–Kier alpha value is -2.15. The minimum atomic E-state index is -0.605. The fraction of sp³-hybridized carbons (Fsp3) is 0.438. The number of esters is 1. The number of nitrogens with zero attached hydrogens (tertiary/aromatic N) is 1. The molecule has 2 rings (SSSR count). The van der Waals surface area contributed by atoms with Crippen LogP contribution in [0.4, 0.5) is 5.69 Å². The minimum Gasteiger partial charge on any atom is -0.451 e. The van der Waals surface area contributed by atoms with E-state index in [2.05, 4.69) is 10.3 Å². The number of aromatic nitrogens is 1. The molecular formula is C16H21N3O3S. The molecule has 2 aromatic rings. The van der Waals surface area contributed by atoms with Gasteiger partial charge in [0.1, 0.15) is 9.71 Å². The number of ether oxygens (including phenoxy) is 1. The topological polar surface area (TPSA) is 94.3 Å². The number of thiophene rings is 1. The third-order valence-corrected chi connectivity index (χ3v) is 4.14. The van der Waals surface area contributed by atoms with Crippen LogP contribution in [-0.4, -0.2) is 29.0 Å². The Kier molecular flexibility index (Phi) is 4.61. The van der Waals surface area contributed by atoms with Crippen LogP contribution in [-0.2, 0) is 9.53 Å². The second kappa shape index (κ2) is 6.16. The van der Waals surface area contributed by atoms with Gasteiger partial charge in [-0.1, -0.05) is 0 Å². The predicted molar refractivity (Wildman–Crippen MR) is 91.7 cm³/mol. The molecule has 2 heterocycles. The maximum Gasteiger partial charge on any atom is 0.351 e. The fourth-order valence-corrected chi connectivity index (χ4v) is 3.38. The van der Waals surface area contributed by atoms with Crippen molar-refractivity contribution >= 4 is 39.1 Å². The molecule has 0 bridgehead atoms. The van der Waals surface area contributed by atoms with Gasteiger partial charge in [0, 0.05) is 16.6 Å². The molecule has 0 aromatic carbocycles. The Morgan fingerprint density at radius 3 is 2.61 bits per heavy atom. The zero-order chi connectivity index (χ0) is 17.4. The van der Waals surface area contributed by atoms with Crippen molar-refractivity contribution in [2.24, 2.45) is 0 Å². The summed E-state index contributed by atoms with van der Waals surface area (Å²) in [7, 11) is 0. The van der Waals surface area contributed by atoms with Gasteiger partial charge in [0.05, 0.1) is 5.69 Å². The Morgan fingerprint density at radius 1 is 1.35 bits per heavy atom. The van der Waals surface area contributed by atoms with Gasteiger partial charge in [-0.25, -0.2) is 9.78 Å². The number of carbonyl (C=O) groups excluding carboxylic acids is 2. The van der Waals surface area contributed by atoms with Crippen LogP contribution in [0.1, 0.15) is 41.7 Å². The zero-order valence-electron chi connectivity index (χ0n) is 13.9. The molecule has 0 saturated heterocycles. The third-order valence-electron chi connectivity index (χ3n) is 3.06. The molecule has 0 saturated carbocycles. The molecule has 124 valence electrons. The molecule has 6 nitrogen and oxygen atoms in total. The number of hydrogen-bond acceptors (Lipinski definition) is 6. The number of aryl methyl sites for hydroxylation is 2. The van der Waals surface area contributed by atoms with E-state index in [1.165, 1.54) is 11.3 Å². The molecule has 0 fully saturated rings. The number of amides is 1. The first-order valence-corrected chi connectivity index (χ1v) is 8.04. The van der Waals surface area contributed by atoms with Gasteiger partial charge < -0.3 is 15.8 Å². The molecule has 0 radical (unpaired) electrons. The van der Waals surface area contributed by atoms with Crippen molar-refractivity contribution in [3.05, 3.63) is 22.2 Å². The third kappa shape index (κ3) is 3.98. The average molecular weight is 335 g/mol. The first-order valence-electron chi connectivity index (χ1n) is 7.23. The van der Waals surface area contributed by atoms with Gasteiger partial charge >= 0.3 is 5.97 Å². The molecule has 0 spiro atoms. The second-order valence-electron chi connectivity index (χ2n) is 6.48. The molecule has 0 aliphatic rings. The quantitative estimate of drug-likeness (QED) is 0.841. The summed E-state index contributed by atoms with van der Waals surface area (Å²) < 4.78 is 5.07. The van der Waals surface area contributed by atoms with E-state index in [9.17, 15) is 9.59 Å². The van der Waals surface area contributed by atoms with E-state index in [1.54, 1.807) is 0 Å². The lowest BCUT2D eigenvalue weighted by molar-refractivity contribution is -0.125. The van der Waals surface area contributed by atoms with Crippen molar-refractivity contribution in [2.75, 3.05) is 12.3 Å². The van der Waals surface area contributed by atoms with Crippen LogP contribution in [0.25, 0.3) is 10.2 Å². The predicted octanol–water partition coefficient (Wildman–Crippen LogP) is 2.57. The molecule has 0 unspecified atom stereocenters. The van der Waals surface area contributed by atoms with Crippen LogP contribution in [0.5, 0.6) is 0 Å². The Bertz CT molecular complexity index is 775. The van der Waals surface area contributed by atoms with Crippen molar-refractivity contribution in [3.63, 3.8) is 0 Å². The van der Waals surface area contributed by atoms with Gasteiger partial charge in [0.25, 0.3) is 5.91 Å². The Balaban J connectivity index is 2.17. The summed E-state index contributed by atoms with van der Waals surface area (Å²) in [5, 5.41) is 3.50. The summed E-state index contributed by atoms with van der Waals surface area (Å²) >= 11 is 1.18. The number of fused-ring (bicyclic) bond motifs is 1. The molecule has 3 N–H and O–H groups in total. The number of nitrogens with one attached hydrogen (secondary N) is 1. The highest BCUT2D eigenvalue weighted by Gasteiger charge is 2.21. The molecule has 23 heavy (non-hydrogen) atoms. The molecular weight excluding hydrogens is 314 g/mol. The fourth-order valence-electron chi connectivity index (χ4n) is 2.27. The normalized spacial score (nSPS) is 11.5. The van der Waals surface area contributed by atoms with E-state index in [0.717, 1.165) is 16.6 Å². The summed E-state index contributed by atoms with van der Waals surface area (Å²) in [4.78, 5) is 29.3. The lowest BCUT2D eigenvalue weighted by Crippen LogP contribution is -2.42. The van der Waals surface area contributed by atoms with Crippen LogP contribution in [0, 0.1) is 13.8 Å². The first-order chi connectivity index (χ1) is 10.6. The summed E-state index contributed by atoms with van der Waals surface area (Å²) in [6.07, 6.45) is 0. The highest BCUT2D eigenvalue weighted by Crippen LogP contribution is 2.35. The molecule has 7 heteroatoms. The van der Waals surface area contributed by atoms with Gasteiger partial charge in [0.15, 0.2) is 6.61 Å². The van der Waals surface area contributed by atoms with Crippen LogP contribution < -0.4 is 11.1 Å². The smallest absolute Gasteiger partial charge is 0.351 e. The number of nitrogens with two attached hydrogens (primary N) is 1. The number of pyridine rings is 1. The average Bonchev–Trinajstić information content (AvgIpc) is 2.71. The SMILES string of the molecule is Cc1cc(C)c2c(N)c(C(=O)OCC(=O)NC(C)(C)C)sc2n1. The van der Waals surface area contributed by atoms with E-state index in [-0.39, 0.29) is 22.9 Å². The molecule has 1 amide bonds. The summed E-state index contributed by atoms with van der Waals surface area (Å²) in [5.41, 5.74) is 7.87. The minimum absolute atomic E-state index is 0.282. The van der Waals surface area contributed by atoms with Crippen LogP contribution >= 0.6 is 11.3 Å². The Morgan fingerprint density at radius 2 is 2.00 bits per heavy atom. The maximum absolute atomic E-state index is 12.2. The van der Waals surface area contributed by atoms with Crippen LogP contribution in [0.3, 0.4) is 0 Å². The van der Waals surface area contributed by atoms with Gasteiger partial charge in [-0.3, -0.25) is 4.79 Å². The number of anilines is 1. The van der Waals surface area contributed by atoms with Crippen molar-refractivity contribution in [1.82, 2.24) is 10.3 Å². The van der Waals surface area contributed by atoms with E-state index in [4.69, 9.17) is 10.5 Å². The van der Waals surface area contributed by atoms with Crippen molar-refractivity contribution in [1.29, 1.82) is 0 Å². The monoisotopic (exact) mass is 335 g/mol. The summed E-state index contributed by atoms with van der Waals surface area (Å²) in [6, 6.07) is 1.91.